The lowest BCUT2D eigenvalue weighted by Gasteiger charge is -2.40. The number of pyridine rings is 1. The molecule has 1 amide bonds. The van der Waals surface area contributed by atoms with E-state index in [1.165, 1.54) is 6.20 Å². The Morgan fingerprint density at radius 1 is 1.43 bits per heavy atom. The predicted octanol–water partition coefficient (Wildman–Crippen LogP) is 1.68. The van der Waals surface area contributed by atoms with E-state index >= 15 is 0 Å². The van der Waals surface area contributed by atoms with Gasteiger partial charge >= 0.3 is 0 Å². The van der Waals surface area contributed by atoms with Crippen molar-refractivity contribution >= 4 is 11.7 Å². The zero-order valence-corrected chi connectivity index (χ0v) is 12.7. The summed E-state index contributed by atoms with van der Waals surface area (Å²) < 4.78 is 0. The lowest BCUT2D eigenvalue weighted by molar-refractivity contribution is 0.0450. The lowest BCUT2D eigenvalue weighted by atomic mass is 9.86. The van der Waals surface area contributed by atoms with Gasteiger partial charge in [0.2, 0.25) is 0 Å². The first kappa shape index (κ1) is 15.3. The molecule has 0 aromatic carbocycles. The number of carbonyl (C=O) groups is 1. The van der Waals surface area contributed by atoms with Crippen LogP contribution in [0.4, 0.5) is 0 Å². The molecule has 6 nitrogen and oxygen atoms in total. The molecule has 1 aromatic rings. The van der Waals surface area contributed by atoms with Crippen molar-refractivity contribution in [3.63, 3.8) is 0 Å². The van der Waals surface area contributed by atoms with Crippen LogP contribution in [0, 0.1) is 11.8 Å². The van der Waals surface area contributed by atoms with Gasteiger partial charge in [0.25, 0.3) is 5.91 Å². The Kier molecular flexibility index (Phi) is 4.45. The van der Waals surface area contributed by atoms with Gasteiger partial charge in [-0.05, 0) is 37.3 Å². The summed E-state index contributed by atoms with van der Waals surface area (Å²) in [6.45, 7) is 7.18. The van der Waals surface area contributed by atoms with Gasteiger partial charge in [0.05, 0.1) is 0 Å². The summed E-state index contributed by atoms with van der Waals surface area (Å²) in [5.41, 5.74) is 6.36. The number of hydrogen-bond acceptors (Lipinski definition) is 4. The van der Waals surface area contributed by atoms with Crippen LogP contribution in [0.3, 0.4) is 0 Å². The van der Waals surface area contributed by atoms with Crippen LogP contribution in [0.15, 0.2) is 23.5 Å². The van der Waals surface area contributed by atoms with Crippen LogP contribution >= 0.6 is 0 Å². The van der Waals surface area contributed by atoms with Crippen molar-refractivity contribution in [3.05, 3.63) is 29.6 Å². The average molecular weight is 290 g/mol. The van der Waals surface area contributed by atoms with Crippen molar-refractivity contribution in [1.82, 2.24) is 9.88 Å². The summed E-state index contributed by atoms with van der Waals surface area (Å²) in [6.07, 6.45) is 2.59. The fraction of sp³-hybridized carbons (Fsp3) is 0.533. The Labute approximate surface area is 124 Å². The van der Waals surface area contributed by atoms with Gasteiger partial charge in [-0.25, -0.2) is 0 Å². The van der Waals surface area contributed by atoms with Gasteiger partial charge in [-0.1, -0.05) is 19.0 Å². The fourth-order valence-corrected chi connectivity index (χ4v) is 2.86. The highest BCUT2D eigenvalue weighted by Gasteiger charge is 2.32. The van der Waals surface area contributed by atoms with Crippen molar-refractivity contribution in [2.75, 3.05) is 6.54 Å². The van der Waals surface area contributed by atoms with E-state index in [9.17, 15) is 4.79 Å². The Morgan fingerprint density at radius 2 is 2.14 bits per heavy atom. The molecule has 0 bridgehead atoms. The highest BCUT2D eigenvalue weighted by molar-refractivity contribution is 5.98. The molecule has 1 aliphatic heterocycles. The Morgan fingerprint density at radius 3 is 2.71 bits per heavy atom. The number of oxime groups is 1. The fourth-order valence-electron chi connectivity index (χ4n) is 2.86. The number of hydrogen-bond donors (Lipinski definition) is 2. The van der Waals surface area contributed by atoms with Gasteiger partial charge in [-0.2, -0.15) is 0 Å². The second-order valence-electron chi connectivity index (χ2n) is 5.93. The minimum absolute atomic E-state index is 0.0184. The SMILES string of the molecule is CC1CC(C)C(C)N(C(=O)c2ccc(/C(N)=N/O)cn2)C1. The van der Waals surface area contributed by atoms with Crippen LogP contribution in [-0.2, 0) is 0 Å². The number of aromatic nitrogens is 1. The largest absolute Gasteiger partial charge is 0.409 e. The Bertz CT molecular complexity index is 541. The molecule has 1 aromatic heterocycles. The van der Waals surface area contributed by atoms with E-state index in [0.29, 0.717) is 23.1 Å². The molecule has 0 saturated carbocycles. The standard InChI is InChI=1S/C15H22N4O2/c1-9-6-10(2)11(3)19(8-9)15(20)13-5-4-12(7-17-13)14(16)18-21/h4-5,7,9-11,21H,6,8H2,1-3H3,(H2,16,18). The summed E-state index contributed by atoms with van der Waals surface area (Å²) in [5.74, 6) is 0.896. The number of nitrogens with zero attached hydrogens (tertiary/aromatic N) is 3. The van der Waals surface area contributed by atoms with Crippen LogP contribution in [0.25, 0.3) is 0 Å². The maximum absolute atomic E-state index is 12.6. The monoisotopic (exact) mass is 290 g/mol. The number of rotatable bonds is 2. The first-order valence-electron chi connectivity index (χ1n) is 7.19. The first-order chi connectivity index (χ1) is 9.93. The number of likely N-dealkylation sites (tertiary alicyclic amines) is 1. The molecule has 0 spiro atoms. The Hall–Kier alpha value is -2.11. The quantitative estimate of drug-likeness (QED) is 0.375. The van der Waals surface area contributed by atoms with E-state index in [2.05, 4.69) is 30.9 Å². The molecule has 3 unspecified atom stereocenters. The van der Waals surface area contributed by atoms with E-state index in [-0.39, 0.29) is 17.8 Å². The molecule has 2 rings (SSSR count). The maximum atomic E-state index is 12.6. The van der Waals surface area contributed by atoms with Crippen molar-refractivity contribution in [1.29, 1.82) is 0 Å². The minimum atomic E-state index is -0.0630. The molecule has 0 radical (unpaired) electrons. The normalized spacial score (nSPS) is 26.7. The van der Waals surface area contributed by atoms with Crippen LogP contribution in [0.1, 0.15) is 43.2 Å². The third kappa shape index (κ3) is 3.15. The van der Waals surface area contributed by atoms with Gasteiger partial charge in [0.1, 0.15) is 5.69 Å². The van der Waals surface area contributed by atoms with E-state index in [4.69, 9.17) is 10.9 Å². The van der Waals surface area contributed by atoms with E-state index in [0.717, 1.165) is 13.0 Å². The topological polar surface area (TPSA) is 91.8 Å². The number of amidine groups is 1. The van der Waals surface area contributed by atoms with Crippen molar-refractivity contribution in [2.24, 2.45) is 22.7 Å². The zero-order valence-electron chi connectivity index (χ0n) is 12.7. The molecule has 21 heavy (non-hydrogen) atoms. The molecule has 114 valence electrons. The summed E-state index contributed by atoms with van der Waals surface area (Å²) >= 11 is 0. The predicted molar refractivity (Wildman–Crippen MR) is 80.2 cm³/mol. The summed E-state index contributed by atoms with van der Waals surface area (Å²) in [5, 5.41) is 11.5. The van der Waals surface area contributed by atoms with Crippen LogP contribution in [0.2, 0.25) is 0 Å². The van der Waals surface area contributed by atoms with E-state index in [1.807, 2.05) is 4.90 Å². The van der Waals surface area contributed by atoms with Crippen molar-refractivity contribution < 1.29 is 10.0 Å². The molecule has 2 heterocycles. The van der Waals surface area contributed by atoms with Crippen LogP contribution in [-0.4, -0.2) is 39.4 Å². The molecular weight excluding hydrogens is 268 g/mol. The van der Waals surface area contributed by atoms with Crippen LogP contribution in [0.5, 0.6) is 0 Å². The maximum Gasteiger partial charge on any atom is 0.272 e. The summed E-state index contributed by atoms with van der Waals surface area (Å²) in [4.78, 5) is 18.6. The lowest BCUT2D eigenvalue weighted by Crippen LogP contribution is -2.49. The van der Waals surface area contributed by atoms with Gasteiger partial charge in [0, 0.05) is 24.3 Å². The van der Waals surface area contributed by atoms with Crippen molar-refractivity contribution in [3.8, 4) is 0 Å². The molecular formula is C15H22N4O2. The molecule has 1 saturated heterocycles. The molecule has 1 fully saturated rings. The Balaban J connectivity index is 2.19. The number of piperidine rings is 1. The number of carbonyl (C=O) groups excluding carboxylic acids is 1. The number of amides is 1. The summed E-state index contributed by atoms with van der Waals surface area (Å²) in [7, 11) is 0. The smallest absolute Gasteiger partial charge is 0.272 e. The second kappa shape index (κ2) is 6.11. The molecule has 1 aliphatic rings. The highest BCUT2D eigenvalue weighted by atomic mass is 16.4. The third-order valence-electron chi connectivity index (χ3n) is 4.24. The van der Waals surface area contributed by atoms with E-state index < -0.39 is 0 Å². The van der Waals surface area contributed by atoms with Gasteiger partial charge in [-0.3, -0.25) is 9.78 Å². The molecule has 0 aliphatic carbocycles. The minimum Gasteiger partial charge on any atom is -0.409 e. The van der Waals surface area contributed by atoms with Crippen molar-refractivity contribution in [2.45, 2.75) is 33.2 Å². The summed E-state index contributed by atoms with van der Waals surface area (Å²) in [6, 6.07) is 3.46. The molecule has 3 atom stereocenters. The molecule has 6 heteroatoms. The first-order valence-corrected chi connectivity index (χ1v) is 7.19. The van der Waals surface area contributed by atoms with E-state index in [1.54, 1.807) is 12.1 Å². The average Bonchev–Trinajstić information content (AvgIpc) is 2.49. The van der Waals surface area contributed by atoms with Gasteiger partial charge in [0.15, 0.2) is 5.84 Å². The van der Waals surface area contributed by atoms with Crippen LogP contribution < -0.4 is 5.73 Å². The zero-order chi connectivity index (χ0) is 15.6. The number of nitrogens with two attached hydrogens (primary N) is 1. The second-order valence-corrected chi connectivity index (χ2v) is 5.93. The highest BCUT2D eigenvalue weighted by Crippen LogP contribution is 2.27. The molecule has 3 N–H and O–H groups in total. The van der Waals surface area contributed by atoms with Gasteiger partial charge in [-0.15, -0.1) is 0 Å². The van der Waals surface area contributed by atoms with Gasteiger partial charge < -0.3 is 15.8 Å². The third-order valence-corrected chi connectivity index (χ3v) is 4.24.